The Morgan fingerprint density at radius 3 is 2.56 bits per heavy atom. The summed E-state index contributed by atoms with van der Waals surface area (Å²) < 4.78 is 5.53. The number of anilines is 1. The molecule has 2 N–H and O–H groups in total. The molecule has 2 aromatic rings. The van der Waals surface area contributed by atoms with Crippen LogP contribution in [0.2, 0.25) is 0 Å². The Bertz CT molecular complexity index is 517. The molecule has 0 unspecified atom stereocenters. The molecule has 18 heavy (non-hydrogen) atoms. The van der Waals surface area contributed by atoms with Gasteiger partial charge in [0.25, 0.3) is 0 Å². The zero-order valence-electron chi connectivity index (χ0n) is 10.3. The third-order valence-electron chi connectivity index (χ3n) is 2.12. The molecule has 2 rings (SSSR count). The van der Waals surface area contributed by atoms with E-state index >= 15 is 0 Å². The molecule has 0 saturated carbocycles. The van der Waals surface area contributed by atoms with Gasteiger partial charge >= 0.3 is 0 Å². The monoisotopic (exact) mass is 261 g/mol. The van der Waals surface area contributed by atoms with Gasteiger partial charge in [0.2, 0.25) is 5.88 Å². The third-order valence-corrected chi connectivity index (χ3v) is 3.14. The van der Waals surface area contributed by atoms with Crippen molar-refractivity contribution in [1.82, 2.24) is 9.97 Å². The van der Waals surface area contributed by atoms with E-state index in [1.54, 1.807) is 0 Å². The first-order valence-corrected chi connectivity index (χ1v) is 6.48. The summed E-state index contributed by atoms with van der Waals surface area (Å²) in [6.45, 7) is 3.87. The van der Waals surface area contributed by atoms with Crippen molar-refractivity contribution in [3.05, 3.63) is 36.7 Å². The van der Waals surface area contributed by atoms with Crippen molar-refractivity contribution in [2.24, 2.45) is 0 Å². The Hall–Kier alpha value is -1.75. The lowest BCUT2D eigenvalue weighted by Crippen LogP contribution is -2.09. The van der Waals surface area contributed by atoms with E-state index in [1.807, 2.05) is 44.2 Å². The van der Waals surface area contributed by atoms with Crippen LogP contribution in [-0.2, 0) is 0 Å². The lowest BCUT2D eigenvalue weighted by atomic mass is 10.4. The lowest BCUT2D eigenvalue weighted by Gasteiger charge is -2.12. The van der Waals surface area contributed by atoms with Gasteiger partial charge in [0.15, 0.2) is 0 Å². The highest BCUT2D eigenvalue weighted by atomic mass is 32.2. The number of hydrogen-bond acceptors (Lipinski definition) is 5. The van der Waals surface area contributed by atoms with Crippen LogP contribution in [0.4, 0.5) is 5.69 Å². The van der Waals surface area contributed by atoms with Gasteiger partial charge in [0, 0.05) is 4.90 Å². The minimum absolute atomic E-state index is 0.0387. The smallest absolute Gasteiger partial charge is 0.241 e. The number of rotatable bonds is 4. The second-order valence-electron chi connectivity index (χ2n) is 3.98. The molecule has 0 radical (unpaired) electrons. The quantitative estimate of drug-likeness (QED) is 0.857. The molecule has 1 aromatic carbocycles. The highest BCUT2D eigenvalue weighted by molar-refractivity contribution is 7.99. The standard InChI is InChI=1S/C13H15N3OS/c1-9(2)17-12-11(14)13(16-8-15-12)18-10-6-4-3-5-7-10/h3-9H,14H2,1-2H3. The predicted octanol–water partition coefficient (Wildman–Crippen LogP) is 3.00. The van der Waals surface area contributed by atoms with Gasteiger partial charge in [-0.2, -0.15) is 4.98 Å². The normalized spacial score (nSPS) is 10.6. The number of nitrogens with two attached hydrogens (primary N) is 1. The van der Waals surface area contributed by atoms with E-state index < -0.39 is 0 Å². The Morgan fingerprint density at radius 2 is 1.89 bits per heavy atom. The van der Waals surface area contributed by atoms with Gasteiger partial charge in [-0.05, 0) is 26.0 Å². The maximum absolute atomic E-state index is 6.01. The molecule has 0 aliphatic heterocycles. The van der Waals surface area contributed by atoms with Crippen LogP contribution in [0.15, 0.2) is 46.6 Å². The van der Waals surface area contributed by atoms with E-state index in [-0.39, 0.29) is 6.10 Å². The lowest BCUT2D eigenvalue weighted by molar-refractivity contribution is 0.233. The Morgan fingerprint density at radius 1 is 1.17 bits per heavy atom. The van der Waals surface area contributed by atoms with Crippen molar-refractivity contribution in [3.8, 4) is 5.88 Å². The molecule has 0 atom stereocenters. The maximum atomic E-state index is 6.01. The first-order chi connectivity index (χ1) is 8.66. The van der Waals surface area contributed by atoms with Crippen LogP contribution in [0.5, 0.6) is 5.88 Å². The molecule has 0 amide bonds. The van der Waals surface area contributed by atoms with Crippen molar-refractivity contribution in [1.29, 1.82) is 0 Å². The SMILES string of the molecule is CC(C)Oc1ncnc(Sc2ccccc2)c1N. The Kier molecular flexibility index (Phi) is 4.04. The molecule has 0 aliphatic carbocycles. The number of nitrogen functional groups attached to an aromatic ring is 1. The second-order valence-corrected chi connectivity index (χ2v) is 5.04. The topological polar surface area (TPSA) is 61.0 Å². The summed E-state index contributed by atoms with van der Waals surface area (Å²) in [5.74, 6) is 0.443. The minimum atomic E-state index is 0.0387. The number of ether oxygens (including phenoxy) is 1. The first-order valence-electron chi connectivity index (χ1n) is 5.67. The summed E-state index contributed by atoms with van der Waals surface area (Å²) >= 11 is 1.50. The summed E-state index contributed by atoms with van der Waals surface area (Å²) in [5.41, 5.74) is 6.49. The summed E-state index contributed by atoms with van der Waals surface area (Å²) in [6, 6.07) is 9.95. The molecule has 94 valence electrons. The second kappa shape index (κ2) is 5.73. The molecular formula is C13H15N3OS. The summed E-state index contributed by atoms with van der Waals surface area (Å²) in [5, 5.41) is 0.715. The molecule has 5 heteroatoms. The summed E-state index contributed by atoms with van der Waals surface area (Å²) in [7, 11) is 0. The first kappa shape index (κ1) is 12.7. The summed E-state index contributed by atoms with van der Waals surface area (Å²) in [4.78, 5) is 9.32. The third kappa shape index (κ3) is 3.13. The van der Waals surface area contributed by atoms with Crippen LogP contribution in [0.25, 0.3) is 0 Å². The number of aromatic nitrogens is 2. The molecule has 1 aromatic heterocycles. The highest BCUT2D eigenvalue weighted by Crippen LogP contribution is 2.33. The molecule has 0 saturated heterocycles. The highest BCUT2D eigenvalue weighted by Gasteiger charge is 2.11. The van der Waals surface area contributed by atoms with Gasteiger partial charge in [0.1, 0.15) is 17.0 Å². The van der Waals surface area contributed by atoms with Crippen molar-refractivity contribution < 1.29 is 4.74 Å². The van der Waals surface area contributed by atoms with Crippen LogP contribution < -0.4 is 10.5 Å². The molecule has 0 fully saturated rings. The van der Waals surface area contributed by atoms with Gasteiger partial charge in [-0.1, -0.05) is 30.0 Å². The number of nitrogens with zero attached hydrogens (tertiary/aromatic N) is 2. The van der Waals surface area contributed by atoms with Gasteiger partial charge in [0.05, 0.1) is 6.10 Å². The van der Waals surface area contributed by atoms with Crippen molar-refractivity contribution in [3.63, 3.8) is 0 Å². The molecular weight excluding hydrogens is 246 g/mol. The fraction of sp³-hybridized carbons (Fsp3) is 0.231. The molecule has 1 heterocycles. The maximum Gasteiger partial charge on any atom is 0.241 e. The molecule has 0 spiro atoms. The average molecular weight is 261 g/mol. The predicted molar refractivity (Wildman–Crippen MR) is 72.8 cm³/mol. The van der Waals surface area contributed by atoms with Crippen LogP contribution in [0.1, 0.15) is 13.8 Å². The fourth-order valence-corrected chi connectivity index (χ4v) is 2.18. The van der Waals surface area contributed by atoms with Crippen LogP contribution in [-0.4, -0.2) is 16.1 Å². The average Bonchev–Trinajstić information content (AvgIpc) is 2.35. The molecule has 0 aliphatic rings. The van der Waals surface area contributed by atoms with Gasteiger partial charge < -0.3 is 10.5 Å². The van der Waals surface area contributed by atoms with Gasteiger partial charge in [-0.15, -0.1) is 0 Å². The number of benzene rings is 1. The van der Waals surface area contributed by atoms with Crippen molar-refractivity contribution in [2.45, 2.75) is 29.9 Å². The van der Waals surface area contributed by atoms with E-state index in [2.05, 4.69) is 9.97 Å². The molecule has 4 nitrogen and oxygen atoms in total. The Labute approximate surface area is 111 Å². The van der Waals surface area contributed by atoms with Crippen molar-refractivity contribution in [2.75, 3.05) is 5.73 Å². The van der Waals surface area contributed by atoms with Crippen molar-refractivity contribution >= 4 is 17.4 Å². The number of hydrogen-bond donors (Lipinski definition) is 1. The van der Waals surface area contributed by atoms with Crippen LogP contribution in [0, 0.1) is 0 Å². The minimum Gasteiger partial charge on any atom is -0.473 e. The zero-order chi connectivity index (χ0) is 13.0. The van der Waals surface area contributed by atoms with Crippen LogP contribution in [0.3, 0.4) is 0 Å². The van der Waals surface area contributed by atoms with E-state index in [9.17, 15) is 0 Å². The van der Waals surface area contributed by atoms with Gasteiger partial charge in [-0.3, -0.25) is 0 Å². The van der Waals surface area contributed by atoms with Gasteiger partial charge in [-0.25, -0.2) is 4.98 Å². The van der Waals surface area contributed by atoms with Crippen LogP contribution >= 0.6 is 11.8 Å². The fourth-order valence-electron chi connectivity index (χ4n) is 1.36. The van der Waals surface area contributed by atoms with E-state index in [0.29, 0.717) is 16.6 Å². The largest absolute Gasteiger partial charge is 0.473 e. The molecule has 0 bridgehead atoms. The summed E-state index contributed by atoms with van der Waals surface area (Å²) in [6.07, 6.45) is 1.51. The van der Waals surface area contributed by atoms with E-state index in [1.165, 1.54) is 18.1 Å². The van der Waals surface area contributed by atoms with E-state index in [0.717, 1.165) is 4.90 Å². The Balaban J connectivity index is 2.23. The zero-order valence-corrected chi connectivity index (χ0v) is 11.1. The van der Waals surface area contributed by atoms with E-state index in [4.69, 9.17) is 10.5 Å².